The molecule has 2 saturated heterocycles. The first-order valence-corrected chi connectivity index (χ1v) is 55.6. The second-order valence-corrected chi connectivity index (χ2v) is 42.1. The zero-order valence-corrected chi connectivity index (χ0v) is 91.8. The summed E-state index contributed by atoms with van der Waals surface area (Å²) in [6.45, 7) is 50.0. The predicted molar refractivity (Wildman–Crippen MR) is 584 cm³/mol. The van der Waals surface area contributed by atoms with Crippen LogP contribution in [0, 0.1) is 29.1 Å². The number of phenols is 3. The normalized spacial score (nSPS) is 20.7. The molecule has 0 amide bonds. The van der Waals surface area contributed by atoms with Gasteiger partial charge in [-0.05, 0) is 369 Å². The van der Waals surface area contributed by atoms with Crippen molar-refractivity contribution in [1.82, 2.24) is 0 Å². The highest BCUT2D eigenvalue weighted by molar-refractivity contribution is 5.35. The fourth-order valence-corrected chi connectivity index (χ4v) is 19.9. The quantitative estimate of drug-likeness (QED) is 0.0244. The molecule has 0 aromatic heterocycles. The highest BCUT2D eigenvalue weighted by atomic mass is 16.7. The summed E-state index contributed by atoms with van der Waals surface area (Å²) in [6, 6.07) is 64.6. The number of benzene rings is 8. The number of phenolic OH excluding ortho intramolecular Hbond substituents is 3. The summed E-state index contributed by atoms with van der Waals surface area (Å²) >= 11 is 0. The second-order valence-electron chi connectivity index (χ2n) is 42.1. The molecule has 6 saturated carbocycles. The zero-order valence-electron chi connectivity index (χ0n) is 91.8. The fraction of sp³-hybridized carbons (Fsp3) is 0.619. The van der Waals surface area contributed by atoms with E-state index in [4.69, 9.17) is 76.9 Å². The summed E-state index contributed by atoms with van der Waals surface area (Å²) in [4.78, 5) is 0. The van der Waals surface area contributed by atoms with Gasteiger partial charge in [-0.3, -0.25) is 0 Å². The van der Waals surface area contributed by atoms with Gasteiger partial charge in [0.2, 0.25) is 12.6 Å². The Morgan fingerprint density at radius 3 is 0.803 bits per heavy atom. The van der Waals surface area contributed by atoms with Gasteiger partial charge in [0.25, 0.3) is 0 Å². The van der Waals surface area contributed by atoms with Crippen LogP contribution < -0.4 is 23.7 Å². The van der Waals surface area contributed by atoms with E-state index in [9.17, 15) is 0 Å². The Hall–Kier alpha value is -8.16. The van der Waals surface area contributed by atoms with E-state index in [0.29, 0.717) is 95.9 Å². The fourth-order valence-electron chi connectivity index (χ4n) is 19.9. The Morgan fingerprint density at radius 1 is 0.282 bits per heavy atom. The first kappa shape index (κ1) is 119. The first-order valence-electron chi connectivity index (χ1n) is 55.6. The highest BCUT2D eigenvalue weighted by Crippen LogP contribution is 2.62. The molecule has 4 bridgehead atoms. The molecule has 16 heteroatoms. The van der Waals surface area contributed by atoms with Gasteiger partial charge in [0, 0.05) is 44.9 Å². The van der Waals surface area contributed by atoms with Gasteiger partial charge in [-0.25, -0.2) is 0 Å². The maximum atomic E-state index is 9.01. The number of hydrogen-bond donors (Lipinski definition) is 3. The molecule has 16 nitrogen and oxygen atoms in total. The SMILES string of the molecule is CCC(C)c1ccc(O)cc1.CCC(C)c1ccc(O)cc1.CCC(C)c1ccc(O)cc1.CCC(C)c1ccc(OC(C)OC)cc1.CCC(C)c1ccc(OC(C)OC2CCCCC2)cc1.CCC(C)c1ccc(OC(C)OC2CCOCC2)cc1.CCC(C)c1ccc(OC(OC2CCOCC2)C(C)C)cc1.CCC(C)c1ccc(OC(OCCOC2CCCCC2)C23CC4CC(CC(C4)C2)C3)cc1. The molecule has 13 atom stereocenters. The minimum absolute atomic E-state index is 0.139. The van der Waals surface area contributed by atoms with Crippen molar-refractivity contribution in [1.29, 1.82) is 0 Å². The summed E-state index contributed by atoms with van der Waals surface area (Å²) in [5.74, 6) is 13.3. The van der Waals surface area contributed by atoms with E-state index in [1.165, 1.54) is 160 Å². The predicted octanol–water partition coefficient (Wildman–Crippen LogP) is 33.9. The van der Waals surface area contributed by atoms with Crippen LogP contribution in [0.3, 0.4) is 0 Å². The van der Waals surface area contributed by atoms with E-state index in [-0.39, 0.29) is 49.1 Å². The lowest BCUT2D eigenvalue weighted by molar-refractivity contribution is -0.220. The molecule has 8 fully saturated rings. The molecule has 0 spiro atoms. The maximum absolute atomic E-state index is 9.01. The topological polar surface area (TPSA) is 181 Å². The van der Waals surface area contributed by atoms with Crippen molar-refractivity contribution >= 4 is 0 Å². The molecule has 2 heterocycles. The summed E-state index contributed by atoms with van der Waals surface area (Å²) < 4.78 is 76.5. The minimum atomic E-state index is -0.215. The summed E-state index contributed by atoms with van der Waals surface area (Å²) in [5, 5.41) is 27.0. The van der Waals surface area contributed by atoms with Crippen LogP contribution in [0.1, 0.15) is 417 Å². The van der Waals surface area contributed by atoms with Crippen LogP contribution in [-0.2, 0) is 37.9 Å². The molecular weight excluding hydrogens is 1770 g/mol. The lowest BCUT2D eigenvalue weighted by Gasteiger charge is -2.58. The van der Waals surface area contributed by atoms with E-state index in [1.807, 2.05) is 81.4 Å². The first-order chi connectivity index (χ1) is 68.5. The Balaban J connectivity index is 0.000000204. The van der Waals surface area contributed by atoms with E-state index < -0.39 is 0 Å². The zero-order chi connectivity index (χ0) is 103. The Kier molecular flexibility index (Phi) is 54.9. The molecule has 8 aromatic rings. The van der Waals surface area contributed by atoms with Crippen LogP contribution >= 0.6 is 0 Å². The molecule has 6 aliphatic carbocycles. The van der Waals surface area contributed by atoms with Gasteiger partial charge in [-0.1, -0.05) is 260 Å². The van der Waals surface area contributed by atoms with Crippen LogP contribution in [0.4, 0.5) is 0 Å². The van der Waals surface area contributed by atoms with Gasteiger partial charge >= 0.3 is 0 Å². The number of aromatic hydroxyl groups is 3. The average molecular weight is 1960 g/mol. The second kappa shape index (κ2) is 65.4. The van der Waals surface area contributed by atoms with Crippen molar-refractivity contribution in [3.63, 3.8) is 0 Å². The molecule has 2 aliphatic heterocycles. The van der Waals surface area contributed by atoms with Crippen LogP contribution in [0.15, 0.2) is 194 Å². The van der Waals surface area contributed by atoms with Gasteiger partial charge in [0.15, 0.2) is 18.9 Å². The van der Waals surface area contributed by atoms with E-state index in [2.05, 4.69) is 222 Å². The monoisotopic (exact) mass is 1960 g/mol. The third kappa shape index (κ3) is 42.7. The Morgan fingerprint density at radius 2 is 0.528 bits per heavy atom. The number of hydrogen-bond acceptors (Lipinski definition) is 16. The molecule has 142 heavy (non-hydrogen) atoms. The summed E-state index contributed by atoms with van der Waals surface area (Å²) in [7, 11) is 1.64. The van der Waals surface area contributed by atoms with Crippen LogP contribution in [0.5, 0.6) is 46.0 Å². The molecule has 8 aliphatic rings. The van der Waals surface area contributed by atoms with Gasteiger partial charge in [-0.15, -0.1) is 0 Å². The van der Waals surface area contributed by atoms with Crippen molar-refractivity contribution in [3.05, 3.63) is 239 Å². The molecule has 3 N–H and O–H groups in total. The lowest BCUT2D eigenvalue weighted by Crippen LogP contribution is -2.54. The maximum Gasteiger partial charge on any atom is 0.205 e. The van der Waals surface area contributed by atoms with Gasteiger partial charge in [0.1, 0.15) is 46.0 Å². The van der Waals surface area contributed by atoms with E-state index >= 15 is 0 Å². The third-order valence-electron chi connectivity index (χ3n) is 30.6. The highest BCUT2D eigenvalue weighted by Gasteiger charge is 2.56. The molecular formula is C126H190O16. The standard InChI is InChI=1S/C29H44O3.C19H30O3.C18H28O2.C17H26O3.C13H20O2.3C10H14O/c1-3-21(2)25-9-11-27(12-10-25)32-28(31-14-13-30-26-7-5-4-6-8-26)29-18-22-15-23(19-29)17-24(16-22)20-29;1-5-15(4)16-6-8-17(9-7-16)21-19(14(2)3)22-18-10-12-20-13-11-18;1-4-14(2)16-10-12-18(13-11-16)20-15(3)19-17-8-6-5-7-9-17;1-4-13(2)15-5-7-16(8-6-15)19-14(3)20-17-9-11-18-12-10-17;1-5-10(2)12-6-8-13(9-7-12)15-11(3)14-4;3*1-3-8(2)9-4-6-10(11)7-5-9/h9-12,21-24,26,28H,3-8,13-20H2,1-2H3;6-9,14-15,18-19H,5,10-13H2,1-4H3;10-15,17H,4-9H2,1-3H3;5-8,13-14,17H,4,9-12H2,1-3H3;6-11H,5H2,1-4H3;3*4-8,11H,3H2,1-2H3. The van der Waals surface area contributed by atoms with Crippen molar-refractivity contribution in [2.24, 2.45) is 29.1 Å². The molecule has 0 radical (unpaired) electrons. The Bertz CT molecular complexity index is 4280. The Labute approximate surface area is 860 Å². The largest absolute Gasteiger partial charge is 0.508 e. The van der Waals surface area contributed by atoms with E-state index in [0.717, 1.165) is 137 Å². The van der Waals surface area contributed by atoms with Gasteiger partial charge < -0.3 is 76.9 Å². The van der Waals surface area contributed by atoms with Crippen molar-refractivity contribution in [3.8, 4) is 46.0 Å². The lowest BCUT2D eigenvalue weighted by atomic mass is 9.49. The molecule has 8 aromatic carbocycles. The molecule has 16 rings (SSSR count). The summed E-state index contributed by atoms with van der Waals surface area (Å²) in [6.07, 6.45) is 34.5. The molecule has 13 unspecified atom stereocenters. The van der Waals surface area contributed by atoms with Crippen LogP contribution in [0.25, 0.3) is 0 Å². The van der Waals surface area contributed by atoms with Crippen LogP contribution in [-0.4, -0.2) is 118 Å². The third-order valence-corrected chi connectivity index (χ3v) is 30.6. The van der Waals surface area contributed by atoms with Gasteiger partial charge in [-0.2, -0.15) is 0 Å². The van der Waals surface area contributed by atoms with Crippen molar-refractivity contribution < 1.29 is 76.9 Å². The van der Waals surface area contributed by atoms with Gasteiger partial charge in [0.05, 0.1) is 37.6 Å². The number of rotatable bonds is 40. The van der Waals surface area contributed by atoms with Crippen molar-refractivity contribution in [2.45, 2.75) is 428 Å². The number of ether oxygens (including phenoxy) is 13. The minimum Gasteiger partial charge on any atom is -0.508 e. The van der Waals surface area contributed by atoms with Crippen molar-refractivity contribution in [2.75, 3.05) is 46.8 Å². The smallest absolute Gasteiger partial charge is 0.205 e. The molecule has 790 valence electrons. The summed E-state index contributed by atoms with van der Waals surface area (Å²) in [5.41, 5.74) is 10.9. The van der Waals surface area contributed by atoms with Crippen LogP contribution in [0.2, 0.25) is 0 Å². The number of methoxy groups -OCH3 is 1. The van der Waals surface area contributed by atoms with E-state index in [1.54, 1.807) is 43.5 Å². The average Bonchev–Trinajstić information content (AvgIpc) is 0.735.